The molecule has 2 amide bonds. The number of ether oxygens (including phenoxy) is 1. The third-order valence-electron chi connectivity index (χ3n) is 3.05. The van der Waals surface area contributed by atoms with Gasteiger partial charge in [0.15, 0.2) is 0 Å². The van der Waals surface area contributed by atoms with Crippen LogP contribution in [0.15, 0.2) is 0 Å². The third-order valence-corrected chi connectivity index (χ3v) is 3.05. The number of likely N-dealkylation sites (N-methyl/N-ethyl adjacent to an activating group) is 1. The minimum absolute atomic E-state index is 0.00241. The highest BCUT2D eigenvalue weighted by molar-refractivity contribution is 5.80. The van der Waals surface area contributed by atoms with Crippen LogP contribution >= 0.6 is 0 Å². The van der Waals surface area contributed by atoms with Crippen LogP contribution in [0.1, 0.15) is 20.3 Å². The van der Waals surface area contributed by atoms with Gasteiger partial charge in [0.25, 0.3) is 0 Å². The van der Waals surface area contributed by atoms with Crippen molar-refractivity contribution in [2.45, 2.75) is 26.3 Å². The molecule has 1 saturated heterocycles. The summed E-state index contributed by atoms with van der Waals surface area (Å²) in [5, 5.41) is 0. The average Bonchev–Trinajstić information content (AvgIpc) is 2.55. The number of carbonyl (C=O) groups excluding carboxylic acids is 2. The summed E-state index contributed by atoms with van der Waals surface area (Å²) in [4.78, 5) is 26.7. The minimum atomic E-state index is -0.273. The monoisotopic (exact) mass is 228 g/mol. The summed E-state index contributed by atoms with van der Waals surface area (Å²) >= 11 is 0. The molecular formula is C11H20N2O3. The summed E-state index contributed by atoms with van der Waals surface area (Å²) in [5.41, 5.74) is 0. The van der Waals surface area contributed by atoms with Crippen molar-refractivity contribution < 1.29 is 14.3 Å². The van der Waals surface area contributed by atoms with Gasteiger partial charge in [-0.3, -0.25) is 4.79 Å². The molecule has 1 aliphatic heterocycles. The van der Waals surface area contributed by atoms with Crippen molar-refractivity contribution >= 4 is 12.0 Å². The van der Waals surface area contributed by atoms with Crippen LogP contribution in [-0.2, 0) is 9.53 Å². The maximum Gasteiger partial charge on any atom is 0.320 e. The second kappa shape index (κ2) is 5.18. The Labute approximate surface area is 96.3 Å². The van der Waals surface area contributed by atoms with Crippen molar-refractivity contribution in [3.05, 3.63) is 0 Å². The smallest absolute Gasteiger partial charge is 0.320 e. The molecule has 0 aromatic carbocycles. The quantitative estimate of drug-likeness (QED) is 0.673. The first-order valence-corrected chi connectivity index (χ1v) is 5.62. The normalized spacial score (nSPS) is 22.5. The Hall–Kier alpha value is -1.26. The first kappa shape index (κ1) is 12.8. The van der Waals surface area contributed by atoms with Gasteiger partial charge in [-0.25, -0.2) is 4.79 Å². The number of carbonyl (C=O) groups is 2. The number of hydrogen-bond donors (Lipinski definition) is 0. The summed E-state index contributed by atoms with van der Waals surface area (Å²) < 4.78 is 4.73. The molecule has 0 N–H and O–H groups in total. The number of nitrogens with zero attached hydrogens (tertiary/aromatic N) is 2. The van der Waals surface area contributed by atoms with Crippen molar-refractivity contribution in [3.8, 4) is 0 Å². The summed E-state index contributed by atoms with van der Waals surface area (Å²) in [5.74, 6) is -0.528. The molecule has 1 unspecified atom stereocenters. The van der Waals surface area contributed by atoms with Crippen molar-refractivity contribution in [1.82, 2.24) is 9.80 Å². The van der Waals surface area contributed by atoms with Crippen LogP contribution < -0.4 is 0 Å². The second-order valence-electron chi connectivity index (χ2n) is 4.24. The van der Waals surface area contributed by atoms with E-state index in [1.807, 2.05) is 13.8 Å². The van der Waals surface area contributed by atoms with Crippen molar-refractivity contribution in [2.24, 2.45) is 5.92 Å². The molecule has 16 heavy (non-hydrogen) atoms. The largest absolute Gasteiger partial charge is 0.469 e. The summed E-state index contributed by atoms with van der Waals surface area (Å²) in [6, 6.07) is -0.0625. The number of hydrogen-bond acceptors (Lipinski definition) is 3. The predicted molar refractivity (Wildman–Crippen MR) is 60.0 cm³/mol. The van der Waals surface area contributed by atoms with E-state index in [4.69, 9.17) is 4.74 Å². The molecular weight excluding hydrogens is 208 g/mol. The molecule has 0 aromatic rings. The van der Waals surface area contributed by atoms with E-state index in [2.05, 4.69) is 0 Å². The van der Waals surface area contributed by atoms with E-state index in [0.717, 1.165) is 6.42 Å². The molecule has 0 saturated carbocycles. The molecule has 0 aromatic heterocycles. The standard InChI is InChI=1S/C11H20N2O3/c1-5-6-13-9(7-12(3)11(13)15)8(2)10(14)16-4/h8-9H,5-7H2,1-4H3/t8?,9-/m1/s1. The number of rotatable bonds is 4. The SMILES string of the molecule is CCCN1C(=O)N(C)C[C@@H]1C(C)C(=O)OC. The zero-order valence-electron chi connectivity index (χ0n) is 10.4. The van der Waals surface area contributed by atoms with Gasteiger partial charge in [0, 0.05) is 20.1 Å². The summed E-state index contributed by atoms with van der Waals surface area (Å²) in [6.07, 6.45) is 0.893. The molecule has 0 radical (unpaired) electrons. The number of amides is 2. The lowest BCUT2D eigenvalue weighted by molar-refractivity contribution is -0.146. The second-order valence-corrected chi connectivity index (χ2v) is 4.24. The highest BCUT2D eigenvalue weighted by Crippen LogP contribution is 2.22. The number of esters is 1. The molecule has 1 heterocycles. The average molecular weight is 228 g/mol. The van der Waals surface area contributed by atoms with Crippen LogP contribution in [0.3, 0.4) is 0 Å². The molecule has 0 spiro atoms. The van der Waals surface area contributed by atoms with E-state index in [9.17, 15) is 9.59 Å². The van der Waals surface area contributed by atoms with Crippen molar-refractivity contribution in [1.29, 1.82) is 0 Å². The van der Waals surface area contributed by atoms with Gasteiger partial charge in [-0.05, 0) is 13.3 Å². The number of urea groups is 1. The zero-order chi connectivity index (χ0) is 12.3. The van der Waals surface area contributed by atoms with Crippen LogP contribution in [0.4, 0.5) is 4.79 Å². The van der Waals surface area contributed by atoms with Crippen LogP contribution in [0.25, 0.3) is 0 Å². The molecule has 0 aliphatic carbocycles. The van der Waals surface area contributed by atoms with E-state index in [0.29, 0.717) is 13.1 Å². The van der Waals surface area contributed by atoms with E-state index in [-0.39, 0.29) is 24.0 Å². The van der Waals surface area contributed by atoms with Gasteiger partial charge in [-0.15, -0.1) is 0 Å². The molecule has 5 nitrogen and oxygen atoms in total. The van der Waals surface area contributed by atoms with Crippen molar-refractivity contribution in [2.75, 3.05) is 27.2 Å². The molecule has 92 valence electrons. The van der Waals surface area contributed by atoms with Gasteiger partial charge < -0.3 is 14.5 Å². The highest BCUT2D eigenvalue weighted by atomic mass is 16.5. The van der Waals surface area contributed by atoms with Gasteiger partial charge >= 0.3 is 12.0 Å². The Bertz CT molecular complexity index is 280. The molecule has 0 bridgehead atoms. The fourth-order valence-electron chi connectivity index (χ4n) is 2.09. The molecule has 1 rings (SSSR count). The van der Waals surface area contributed by atoms with Gasteiger partial charge in [0.2, 0.25) is 0 Å². The molecule has 2 atom stereocenters. The first-order chi connectivity index (χ1) is 7.52. The van der Waals surface area contributed by atoms with Gasteiger partial charge in [-0.2, -0.15) is 0 Å². The van der Waals surface area contributed by atoms with E-state index in [1.54, 1.807) is 16.8 Å². The lowest BCUT2D eigenvalue weighted by atomic mass is 10.0. The summed E-state index contributed by atoms with van der Waals surface area (Å²) in [6.45, 7) is 5.11. The maximum atomic E-state index is 11.8. The Morgan fingerprint density at radius 2 is 2.25 bits per heavy atom. The zero-order valence-corrected chi connectivity index (χ0v) is 10.4. The Morgan fingerprint density at radius 3 is 2.75 bits per heavy atom. The van der Waals surface area contributed by atoms with Crippen LogP contribution in [0.5, 0.6) is 0 Å². The fraction of sp³-hybridized carbons (Fsp3) is 0.818. The Balaban J connectivity index is 2.78. The fourth-order valence-corrected chi connectivity index (χ4v) is 2.09. The number of methoxy groups -OCH3 is 1. The van der Waals surface area contributed by atoms with Crippen LogP contribution in [-0.4, -0.2) is 55.1 Å². The van der Waals surface area contributed by atoms with E-state index >= 15 is 0 Å². The lowest BCUT2D eigenvalue weighted by Crippen LogP contribution is -2.41. The van der Waals surface area contributed by atoms with Crippen molar-refractivity contribution in [3.63, 3.8) is 0 Å². The lowest BCUT2D eigenvalue weighted by Gasteiger charge is -2.26. The minimum Gasteiger partial charge on any atom is -0.469 e. The predicted octanol–water partition coefficient (Wildman–Crippen LogP) is 0.942. The Morgan fingerprint density at radius 1 is 1.62 bits per heavy atom. The first-order valence-electron chi connectivity index (χ1n) is 5.62. The van der Waals surface area contributed by atoms with E-state index in [1.165, 1.54) is 7.11 Å². The Kier molecular flexibility index (Phi) is 4.15. The van der Waals surface area contributed by atoms with E-state index < -0.39 is 0 Å². The summed E-state index contributed by atoms with van der Waals surface area (Å²) in [7, 11) is 3.14. The van der Waals surface area contributed by atoms with Crippen LogP contribution in [0.2, 0.25) is 0 Å². The van der Waals surface area contributed by atoms with Crippen LogP contribution in [0, 0.1) is 5.92 Å². The third kappa shape index (κ3) is 2.28. The van der Waals surface area contributed by atoms with Gasteiger partial charge in [0.1, 0.15) is 0 Å². The highest BCUT2D eigenvalue weighted by Gasteiger charge is 2.40. The topological polar surface area (TPSA) is 49.9 Å². The molecule has 1 fully saturated rings. The maximum absolute atomic E-state index is 11.8. The molecule has 5 heteroatoms. The van der Waals surface area contributed by atoms with Gasteiger partial charge in [-0.1, -0.05) is 6.92 Å². The van der Waals surface area contributed by atoms with Gasteiger partial charge in [0.05, 0.1) is 19.1 Å². The molecule has 1 aliphatic rings.